The molecule has 1 amide bonds. The van der Waals surface area contributed by atoms with Crippen molar-refractivity contribution in [2.24, 2.45) is 0 Å². The fraction of sp³-hybridized carbons (Fsp3) is 0.278. The van der Waals surface area contributed by atoms with Gasteiger partial charge in [0.1, 0.15) is 18.1 Å². The highest BCUT2D eigenvalue weighted by Gasteiger charge is 2.28. The van der Waals surface area contributed by atoms with Crippen LogP contribution in [0.3, 0.4) is 0 Å². The molecule has 1 aliphatic heterocycles. The Labute approximate surface area is 173 Å². The highest BCUT2D eigenvalue weighted by atomic mass is 35.5. The van der Waals surface area contributed by atoms with E-state index in [4.69, 9.17) is 32.7 Å². The van der Waals surface area contributed by atoms with Gasteiger partial charge in [0, 0.05) is 18.3 Å². The highest BCUT2D eigenvalue weighted by molar-refractivity contribution is 7.89. The maximum atomic E-state index is 12.9. The fourth-order valence-electron chi connectivity index (χ4n) is 2.67. The van der Waals surface area contributed by atoms with Gasteiger partial charge in [-0.25, -0.2) is 8.42 Å². The molecule has 0 spiro atoms. The molecular formula is C18H18Cl2N2O5S. The van der Waals surface area contributed by atoms with Gasteiger partial charge in [0.25, 0.3) is 0 Å². The van der Waals surface area contributed by atoms with E-state index in [1.807, 2.05) is 0 Å². The fourth-order valence-corrected chi connectivity index (χ4v) is 4.81. The Hall–Kier alpha value is -2.00. The van der Waals surface area contributed by atoms with Gasteiger partial charge in [-0.3, -0.25) is 4.79 Å². The van der Waals surface area contributed by atoms with E-state index in [0.717, 1.165) is 4.31 Å². The number of amides is 1. The van der Waals surface area contributed by atoms with E-state index in [-0.39, 0.29) is 28.0 Å². The Bertz CT molecular complexity index is 997. The third kappa shape index (κ3) is 4.35. The number of halogens is 2. The van der Waals surface area contributed by atoms with E-state index in [1.165, 1.54) is 18.2 Å². The molecule has 2 aromatic carbocycles. The van der Waals surface area contributed by atoms with Crippen LogP contribution in [-0.4, -0.2) is 44.9 Å². The van der Waals surface area contributed by atoms with Crippen LogP contribution in [0.5, 0.6) is 11.5 Å². The third-order valence-electron chi connectivity index (χ3n) is 4.03. The van der Waals surface area contributed by atoms with Crippen molar-refractivity contribution in [2.45, 2.75) is 11.8 Å². The average Bonchev–Trinajstić information content (AvgIpc) is 2.67. The number of rotatable bonds is 6. The molecule has 1 aliphatic rings. The molecule has 0 saturated heterocycles. The lowest BCUT2D eigenvalue weighted by Gasteiger charge is -2.21. The molecule has 1 N–H and O–H groups in total. The average molecular weight is 445 g/mol. The number of carbonyl (C=O) groups is 1. The van der Waals surface area contributed by atoms with Crippen molar-refractivity contribution < 1.29 is 22.7 Å². The summed E-state index contributed by atoms with van der Waals surface area (Å²) in [7, 11) is -3.99. The quantitative estimate of drug-likeness (QED) is 0.737. The van der Waals surface area contributed by atoms with Crippen molar-refractivity contribution in [3.05, 3.63) is 46.4 Å². The van der Waals surface area contributed by atoms with Crippen LogP contribution in [-0.2, 0) is 14.8 Å². The zero-order chi connectivity index (χ0) is 20.3. The number of sulfonamides is 1. The summed E-state index contributed by atoms with van der Waals surface area (Å²) in [4.78, 5) is 12.3. The minimum atomic E-state index is -3.99. The van der Waals surface area contributed by atoms with Gasteiger partial charge in [-0.2, -0.15) is 4.31 Å². The molecule has 0 unspecified atom stereocenters. The molecule has 10 heteroatoms. The van der Waals surface area contributed by atoms with Crippen molar-refractivity contribution in [2.75, 3.05) is 31.6 Å². The molecular weight excluding hydrogens is 427 g/mol. The van der Waals surface area contributed by atoms with Crippen LogP contribution in [0.1, 0.15) is 6.92 Å². The first-order valence-electron chi connectivity index (χ1n) is 8.46. The third-order valence-corrected chi connectivity index (χ3v) is 6.93. The molecule has 150 valence electrons. The number of nitrogens with one attached hydrogen (secondary N) is 1. The summed E-state index contributed by atoms with van der Waals surface area (Å²) in [5, 5.41) is 2.72. The summed E-state index contributed by atoms with van der Waals surface area (Å²) in [6, 6.07) is 9.31. The summed E-state index contributed by atoms with van der Waals surface area (Å²) in [6.45, 7) is 2.23. The van der Waals surface area contributed by atoms with Crippen LogP contribution in [0.15, 0.2) is 41.3 Å². The molecule has 0 bridgehead atoms. The Morgan fingerprint density at radius 1 is 1.14 bits per heavy atom. The summed E-state index contributed by atoms with van der Waals surface area (Å²) in [5.74, 6) is 0.618. The van der Waals surface area contributed by atoms with Gasteiger partial charge < -0.3 is 14.8 Å². The van der Waals surface area contributed by atoms with Crippen LogP contribution in [0.2, 0.25) is 10.0 Å². The number of carbonyl (C=O) groups excluding carboxylic acids is 1. The standard InChI is InChI=1S/C18H18Cl2N2O5S/c1-2-22(28(24,25)16-5-3-4-13(19)18(16)20)11-17(23)21-12-6-7-14-15(10-12)27-9-8-26-14/h3-7,10H,2,8-9,11H2,1H3,(H,21,23). The Morgan fingerprint density at radius 2 is 1.86 bits per heavy atom. The molecule has 0 aromatic heterocycles. The highest BCUT2D eigenvalue weighted by Crippen LogP contribution is 2.33. The van der Waals surface area contributed by atoms with Gasteiger partial charge >= 0.3 is 0 Å². The van der Waals surface area contributed by atoms with Crippen molar-refractivity contribution in [3.63, 3.8) is 0 Å². The van der Waals surface area contributed by atoms with E-state index in [9.17, 15) is 13.2 Å². The summed E-state index contributed by atoms with van der Waals surface area (Å²) in [6.07, 6.45) is 0. The lowest BCUT2D eigenvalue weighted by Crippen LogP contribution is -2.38. The van der Waals surface area contributed by atoms with Crippen molar-refractivity contribution in [1.82, 2.24) is 4.31 Å². The number of fused-ring (bicyclic) bond motifs is 1. The predicted molar refractivity (Wildman–Crippen MR) is 107 cm³/mol. The van der Waals surface area contributed by atoms with E-state index >= 15 is 0 Å². The van der Waals surface area contributed by atoms with E-state index < -0.39 is 15.9 Å². The van der Waals surface area contributed by atoms with Crippen LogP contribution in [0.4, 0.5) is 5.69 Å². The van der Waals surface area contributed by atoms with Crippen molar-refractivity contribution >= 4 is 44.8 Å². The first kappa shape index (κ1) is 20.7. The van der Waals surface area contributed by atoms with Crippen LogP contribution < -0.4 is 14.8 Å². The number of anilines is 1. The monoisotopic (exact) mass is 444 g/mol. The molecule has 0 radical (unpaired) electrons. The topological polar surface area (TPSA) is 84.9 Å². The Morgan fingerprint density at radius 3 is 2.57 bits per heavy atom. The number of hydrogen-bond donors (Lipinski definition) is 1. The minimum absolute atomic E-state index is 0.0742. The zero-order valence-corrected chi connectivity index (χ0v) is 17.3. The summed E-state index contributed by atoms with van der Waals surface area (Å²) < 4.78 is 37.7. The first-order chi connectivity index (χ1) is 13.3. The molecule has 28 heavy (non-hydrogen) atoms. The Kier molecular flexibility index (Phi) is 6.34. The SMILES string of the molecule is CCN(CC(=O)Nc1ccc2c(c1)OCCO2)S(=O)(=O)c1cccc(Cl)c1Cl. The van der Waals surface area contributed by atoms with Crippen molar-refractivity contribution in [3.8, 4) is 11.5 Å². The number of benzene rings is 2. The van der Waals surface area contributed by atoms with E-state index in [2.05, 4.69) is 5.32 Å². The van der Waals surface area contributed by atoms with Gasteiger partial charge in [0.05, 0.1) is 16.6 Å². The molecule has 3 rings (SSSR count). The molecule has 7 nitrogen and oxygen atoms in total. The maximum absolute atomic E-state index is 12.9. The number of likely N-dealkylation sites (N-methyl/N-ethyl adjacent to an activating group) is 1. The lowest BCUT2D eigenvalue weighted by atomic mass is 10.2. The molecule has 2 aromatic rings. The lowest BCUT2D eigenvalue weighted by molar-refractivity contribution is -0.116. The summed E-state index contributed by atoms with van der Waals surface area (Å²) in [5.41, 5.74) is 0.475. The van der Waals surface area contributed by atoms with Crippen LogP contribution in [0.25, 0.3) is 0 Å². The van der Waals surface area contributed by atoms with Gasteiger partial charge in [0.15, 0.2) is 11.5 Å². The predicted octanol–water partition coefficient (Wildman–Crippen LogP) is 3.41. The van der Waals surface area contributed by atoms with E-state index in [1.54, 1.807) is 25.1 Å². The molecule has 0 saturated carbocycles. The molecule has 1 heterocycles. The van der Waals surface area contributed by atoms with Crippen LogP contribution >= 0.6 is 23.2 Å². The molecule has 0 fully saturated rings. The number of ether oxygens (including phenoxy) is 2. The number of hydrogen-bond acceptors (Lipinski definition) is 5. The first-order valence-corrected chi connectivity index (χ1v) is 10.7. The molecule has 0 atom stereocenters. The second-order valence-corrected chi connectivity index (χ2v) is 8.58. The second kappa shape index (κ2) is 8.57. The van der Waals surface area contributed by atoms with Gasteiger partial charge in [-0.1, -0.05) is 36.2 Å². The van der Waals surface area contributed by atoms with Crippen molar-refractivity contribution in [1.29, 1.82) is 0 Å². The number of nitrogens with zero attached hydrogens (tertiary/aromatic N) is 1. The normalized spacial score (nSPS) is 13.4. The van der Waals surface area contributed by atoms with E-state index in [0.29, 0.717) is 30.4 Å². The zero-order valence-electron chi connectivity index (χ0n) is 14.9. The van der Waals surface area contributed by atoms with Gasteiger partial charge in [-0.05, 0) is 24.3 Å². The van der Waals surface area contributed by atoms with Gasteiger partial charge in [-0.15, -0.1) is 0 Å². The maximum Gasteiger partial charge on any atom is 0.245 e. The largest absolute Gasteiger partial charge is 0.486 e. The minimum Gasteiger partial charge on any atom is -0.486 e. The Balaban J connectivity index is 1.75. The smallest absolute Gasteiger partial charge is 0.245 e. The van der Waals surface area contributed by atoms with Crippen LogP contribution in [0, 0.1) is 0 Å². The second-order valence-electron chi connectivity index (χ2n) is 5.89. The molecule has 0 aliphatic carbocycles. The summed E-state index contributed by atoms with van der Waals surface area (Å²) >= 11 is 12.0. The van der Waals surface area contributed by atoms with Gasteiger partial charge in [0.2, 0.25) is 15.9 Å².